The summed E-state index contributed by atoms with van der Waals surface area (Å²) in [5, 5.41) is 18.4. The summed E-state index contributed by atoms with van der Waals surface area (Å²) >= 11 is 1.37. The Kier molecular flexibility index (Phi) is 3.18. The first kappa shape index (κ1) is 13.3. The number of nitrogens with two attached hydrogens (primary N) is 1. The van der Waals surface area contributed by atoms with E-state index in [1.807, 2.05) is 6.07 Å². The Bertz CT molecular complexity index is 824. The Morgan fingerprint density at radius 1 is 1.52 bits per heavy atom. The van der Waals surface area contributed by atoms with Crippen LogP contribution in [0.15, 0.2) is 23.8 Å². The van der Waals surface area contributed by atoms with E-state index in [-0.39, 0.29) is 5.69 Å². The minimum atomic E-state index is -0.420. The largest absolute Gasteiger partial charge is 0.384 e. The fraction of sp³-hybridized carbons (Fsp3) is 0.167. The molecule has 0 radical (unpaired) electrons. The van der Waals surface area contributed by atoms with Crippen molar-refractivity contribution >= 4 is 38.7 Å². The number of aryl methyl sites for hydroxylation is 1. The summed E-state index contributed by atoms with van der Waals surface area (Å²) in [6.07, 6.45) is 1.63. The van der Waals surface area contributed by atoms with Gasteiger partial charge >= 0.3 is 5.69 Å². The minimum Gasteiger partial charge on any atom is -0.384 e. The Balaban J connectivity index is 1.95. The van der Waals surface area contributed by atoms with Crippen molar-refractivity contribution in [3.63, 3.8) is 0 Å². The average molecular weight is 304 g/mol. The van der Waals surface area contributed by atoms with Crippen LogP contribution in [0.2, 0.25) is 0 Å². The highest BCUT2D eigenvalue weighted by Crippen LogP contribution is 2.34. The lowest BCUT2D eigenvalue weighted by Crippen LogP contribution is -2.05. The first-order chi connectivity index (χ1) is 10.1. The predicted molar refractivity (Wildman–Crippen MR) is 81.2 cm³/mol. The molecule has 3 rings (SSSR count). The van der Waals surface area contributed by atoms with Crippen LogP contribution >= 0.6 is 11.3 Å². The number of rotatable bonds is 4. The van der Waals surface area contributed by atoms with E-state index in [4.69, 9.17) is 5.73 Å². The van der Waals surface area contributed by atoms with Crippen molar-refractivity contribution in [2.24, 2.45) is 7.05 Å². The normalized spacial score (nSPS) is 10.9. The third-order valence-electron chi connectivity index (χ3n) is 3.19. The number of nitrogen functional groups attached to an aromatic ring is 1. The summed E-state index contributed by atoms with van der Waals surface area (Å²) < 4.78 is 2.34. The number of hydrogen-bond donors (Lipinski definition) is 2. The van der Waals surface area contributed by atoms with Crippen molar-refractivity contribution in [2.45, 2.75) is 6.54 Å². The van der Waals surface area contributed by atoms with Crippen LogP contribution in [0.5, 0.6) is 0 Å². The van der Waals surface area contributed by atoms with Gasteiger partial charge in [-0.15, -0.1) is 11.3 Å². The van der Waals surface area contributed by atoms with E-state index in [2.05, 4.69) is 15.4 Å². The van der Waals surface area contributed by atoms with Gasteiger partial charge in [-0.2, -0.15) is 5.10 Å². The van der Waals surface area contributed by atoms with E-state index in [1.165, 1.54) is 11.3 Å². The fourth-order valence-corrected chi connectivity index (χ4v) is 2.74. The summed E-state index contributed by atoms with van der Waals surface area (Å²) in [5.41, 5.74) is 9.03. The summed E-state index contributed by atoms with van der Waals surface area (Å²) in [6.45, 7) is 0.357. The first-order valence-corrected chi connectivity index (χ1v) is 6.96. The lowest BCUT2D eigenvalue weighted by molar-refractivity contribution is -0.382. The van der Waals surface area contributed by atoms with E-state index < -0.39 is 4.92 Å². The number of nitrogens with zero attached hydrogens (tertiary/aromatic N) is 4. The third kappa shape index (κ3) is 2.27. The van der Waals surface area contributed by atoms with Gasteiger partial charge in [0.1, 0.15) is 11.5 Å². The Morgan fingerprint density at radius 2 is 2.33 bits per heavy atom. The number of anilines is 2. The zero-order valence-corrected chi connectivity index (χ0v) is 11.9. The van der Waals surface area contributed by atoms with E-state index >= 15 is 0 Å². The summed E-state index contributed by atoms with van der Waals surface area (Å²) in [4.78, 5) is 15.0. The maximum Gasteiger partial charge on any atom is 0.319 e. The smallest absolute Gasteiger partial charge is 0.319 e. The van der Waals surface area contributed by atoms with Crippen LogP contribution in [0.1, 0.15) is 5.56 Å². The van der Waals surface area contributed by atoms with Crippen LogP contribution in [0.25, 0.3) is 10.2 Å². The van der Waals surface area contributed by atoms with E-state index in [0.717, 1.165) is 10.3 Å². The molecule has 0 fully saturated rings. The lowest BCUT2D eigenvalue weighted by atomic mass is 10.2. The number of hydrogen-bond acceptors (Lipinski definition) is 7. The molecule has 0 bridgehead atoms. The molecule has 9 heteroatoms. The molecular weight excluding hydrogens is 292 g/mol. The number of thiazole rings is 1. The van der Waals surface area contributed by atoms with E-state index in [1.54, 1.807) is 29.5 Å². The summed E-state index contributed by atoms with van der Waals surface area (Å²) in [7, 11) is 1.74. The monoisotopic (exact) mass is 304 g/mol. The van der Waals surface area contributed by atoms with Crippen LogP contribution < -0.4 is 11.1 Å². The predicted octanol–water partition coefficient (Wildman–Crippen LogP) is 2.13. The Hall–Kier alpha value is -2.68. The van der Waals surface area contributed by atoms with Crippen LogP contribution in [0.3, 0.4) is 0 Å². The van der Waals surface area contributed by atoms with Gasteiger partial charge in [0.15, 0.2) is 5.52 Å². The maximum absolute atomic E-state index is 11.3. The molecule has 0 aliphatic carbocycles. The molecule has 2 aromatic heterocycles. The van der Waals surface area contributed by atoms with Gasteiger partial charge in [-0.25, -0.2) is 4.98 Å². The molecule has 0 saturated heterocycles. The first-order valence-electron chi connectivity index (χ1n) is 6.08. The highest BCUT2D eigenvalue weighted by molar-refractivity contribution is 7.16. The van der Waals surface area contributed by atoms with Crippen molar-refractivity contribution in [3.8, 4) is 0 Å². The standard InChI is InChI=1S/C12H12N6O2S/c1-17-12(13)7(5-16-17)4-14-8-2-3-9-10(15-6-21-9)11(8)18(19)20/h2-3,5-6,14H,4,13H2,1H3. The molecule has 21 heavy (non-hydrogen) atoms. The second-order valence-corrected chi connectivity index (χ2v) is 5.34. The molecule has 3 aromatic rings. The zero-order chi connectivity index (χ0) is 15.0. The molecule has 0 atom stereocenters. The molecule has 0 amide bonds. The van der Waals surface area contributed by atoms with Crippen LogP contribution in [0, 0.1) is 10.1 Å². The minimum absolute atomic E-state index is 0.0174. The molecule has 0 unspecified atom stereocenters. The van der Waals surface area contributed by atoms with Crippen molar-refractivity contribution in [1.82, 2.24) is 14.8 Å². The number of benzene rings is 1. The van der Waals surface area contributed by atoms with Gasteiger partial charge in [-0.05, 0) is 12.1 Å². The number of nitro groups is 1. The molecule has 0 saturated carbocycles. The van der Waals surface area contributed by atoms with Gasteiger partial charge < -0.3 is 11.1 Å². The highest BCUT2D eigenvalue weighted by atomic mass is 32.1. The third-order valence-corrected chi connectivity index (χ3v) is 3.99. The summed E-state index contributed by atoms with van der Waals surface area (Å²) in [6, 6.07) is 3.50. The van der Waals surface area contributed by atoms with E-state index in [9.17, 15) is 10.1 Å². The Morgan fingerprint density at radius 3 is 3.00 bits per heavy atom. The van der Waals surface area contributed by atoms with E-state index in [0.29, 0.717) is 23.6 Å². The highest BCUT2D eigenvalue weighted by Gasteiger charge is 2.20. The molecule has 0 aliphatic rings. The molecule has 3 N–H and O–H groups in total. The van der Waals surface area contributed by atoms with Crippen molar-refractivity contribution in [2.75, 3.05) is 11.1 Å². The van der Waals surface area contributed by atoms with Gasteiger partial charge in [-0.1, -0.05) is 0 Å². The van der Waals surface area contributed by atoms with Crippen LogP contribution in [-0.4, -0.2) is 19.7 Å². The topological polar surface area (TPSA) is 112 Å². The number of nitrogens with one attached hydrogen (secondary N) is 1. The van der Waals surface area contributed by atoms with Gasteiger partial charge in [-0.3, -0.25) is 14.8 Å². The molecule has 0 aliphatic heterocycles. The second-order valence-electron chi connectivity index (χ2n) is 4.45. The van der Waals surface area contributed by atoms with Crippen molar-refractivity contribution in [3.05, 3.63) is 39.5 Å². The quantitative estimate of drug-likeness (QED) is 0.564. The molecule has 8 nitrogen and oxygen atoms in total. The van der Waals surface area contributed by atoms with Gasteiger partial charge in [0.25, 0.3) is 0 Å². The van der Waals surface area contributed by atoms with Gasteiger partial charge in [0.2, 0.25) is 0 Å². The zero-order valence-electron chi connectivity index (χ0n) is 11.1. The molecule has 2 heterocycles. The van der Waals surface area contributed by atoms with Crippen molar-refractivity contribution in [1.29, 1.82) is 0 Å². The molecular formula is C12H12N6O2S. The number of aromatic nitrogens is 3. The molecule has 108 valence electrons. The second kappa shape index (κ2) is 5.02. The van der Waals surface area contributed by atoms with Crippen molar-refractivity contribution < 1.29 is 4.92 Å². The fourth-order valence-electron chi connectivity index (χ4n) is 2.06. The van der Waals surface area contributed by atoms with Crippen LogP contribution in [0.4, 0.5) is 17.2 Å². The van der Waals surface area contributed by atoms with Gasteiger partial charge in [0.05, 0.1) is 21.3 Å². The Labute approximate surface area is 123 Å². The lowest BCUT2D eigenvalue weighted by Gasteiger charge is -2.07. The van der Waals surface area contributed by atoms with Gasteiger partial charge in [0, 0.05) is 19.2 Å². The van der Waals surface area contributed by atoms with Crippen LogP contribution in [-0.2, 0) is 13.6 Å². The molecule has 1 aromatic carbocycles. The number of nitro benzene ring substituents is 1. The average Bonchev–Trinajstić information content (AvgIpc) is 3.04. The number of fused-ring (bicyclic) bond motifs is 1. The SMILES string of the molecule is Cn1ncc(CNc2ccc3scnc3c2[N+](=O)[O-])c1N. The summed E-state index contributed by atoms with van der Waals surface area (Å²) in [5.74, 6) is 0.528. The molecule has 0 spiro atoms. The maximum atomic E-state index is 11.3.